The molecule has 1 aliphatic heterocycles. The van der Waals surface area contributed by atoms with Crippen LogP contribution >= 0.6 is 0 Å². The monoisotopic (exact) mass is 272 g/mol. The maximum Gasteiger partial charge on any atom is 0.317 e. The number of nitrogens with one attached hydrogen (secondary N) is 1. The lowest BCUT2D eigenvalue weighted by Crippen LogP contribution is -2.53. The summed E-state index contributed by atoms with van der Waals surface area (Å²) in [5.74, 6) is -2.26. The quantitative estimate of drug-likeness (QED) is 0.674. The number of piperidine rings is 1. The number of likely N-dealkylation sites (tertiary alicyclic amines) is 1. The van der Waals surface area contributed by atoms with E-state index in [1.807, 2.05) is 0 Å². The van der Waals surface area contributed by atoms with Crippen molar-refractivity contribution >= 4 is 11.9 Å². The Morgan fingerprint density at radius 1 is 1.26 bits per heavy atom. The van der Waals surface area contributed by atoms with E-state index in [0.717, 1.165) is 6.54 Å². The minimum Gasteiger partial charge on any atom is -0.481 e. The van der Waals surface area contributed by atoms with Crippen molar-refractivity contribution in [1.29, 1.82) is 0 Å². The van der Waals surface area contributed by atoms with Crippen LogP contribution in [0.2, 0.25) is 0 Å². The molecule has 19 heavy (non-hydrogen) atoms. The van der Waals surface area contributed by atoms with E-state index < -0.39 is 17.9 Å². The lowest BCUT2D eigenvalue weighted by molar-refractivity contribution is -0.146. The average Bonchev–Trinajstić information content (AvgIpc) is 2.24. The topological polar surface area (TPSA) is 89.9 Å². The van der Waals surface area contributed by atoms with Crippen molar-refractivity contribution in [3.8, 4) is 0 Å². The van der Waals surface area contributed by atoms with E-state index in [9.17, 15) is 9.59 Å². The molecule has 1 saturated heterocycles. The van der Waals surface area contributed by atoms with Crippen LogP contribution in [0.4, 0.5) is 0 Å². The molecule has 1 rings (SSSR count). The van der Waals surface area contributed by atoms with Crippen molar-refractivity contribution in [2.75, 3.05) is 26.2 Å². The Balaban J connectivity index is 2.59. The Labute approximate surface area is 113 Å². The van der Waals surface area contributed by atoms with Crippen molar-refractivity contribution < 1.29 is 19.8 Å². The highest BCUT2D eigenvalue weighted by Gasteiger charge is 2.32. The molecule has 0 amide bonds. The molecule has 0 radical (unpaired) electrons. The van der Waals surface area contributed by atoms with E-state index in [4.69, 9.17) is 10.2 Å². The van der Waals surface area contributed by atoms with Crippen molar-refractivity contribution in [1.82, 2.24) is 10.2 Å². The summed E-state index contributed by atoms with van der Waals surface area (Å²) in [7, 11) is 0. The SMILES string of the molecule is CC(C)(C)CNC1CC(C(=O)O)CN(CC(=O)O)C1. The second-order valence-corrected chi connectivity index (χ2v) is 6.50. The van der Waals surface area contributed by atoms with Crippen LogP contribution < -0.4 is 5.32 Å². The van der Waals surface area contributed by atoms with Crippen LogP contribution in [0, 0.1) is 11.3 Å². The predicted octanol–water partition coefficient (Wildman–Crippen LogP) is 0.482. The molecule has 0 aromatic rings. The van der Waals surface area contributed by atoms with Gasteiger partial charge in [0, 0.05) is 25.7 Å². The molecule has 3 N–H and O–H groups in total. The minimum atomic E-state index is -0.916. The Bertz CT molecular complexity index is 338. The van der Waals surface area contributed by atoms with Crippen molar-refractivity contribution in [2.45, 2.75) is 33.2 Å². The van der Waals surface area contributed by atoms with E-state index >= 15 is 0 Å². The fourth-order valence-corrected chi connectivity index (χ4v) is 2.29. The van der Waals surface area contributed by atoms with Crippen molar-refractivity contribution in [2.24, 2.45) is 11.3 Å². The predicted molar refractivity (Wildman–Crippen MR) is 71.1 cm³/mol. The molecule has 0 bridgehead atoms. The Hall–Kier alpha value is -1.14. The minimum absolute atomic E-state index is 0.0356. The molecule has 2 unspecified atom stereocenters. The molecule has 0 aromatic carbocycles. The van der Waals surface area contributed by atoms with Crippen LogP contribution in [0.1, 0.15) is 27.2 Å². The Kier molecular flexibility index (Phi) is 5.31. The summed E-state index contributed by atoms with van der Waals surface area (Å²) < 4.78 is 0. The second-order valence-electron chi connectivity index (χ2n) is 6.50. The van der Waals surface area contributed by atoms with Crippen LogP contribution in [-0.2, 0) is 9.59 Å². The van der Waals surface area contributed by atoms with Gasteiger partial charge in [-0.2, -0.15) is 0 Å². The number of carboxylic acids is 2. The van der Waals surface area contributed by atoms with Gasteiger partial charge in [0.25, 0.3) is 0 Å². The lowest BCUT2D eigenvalue weighted by Gasteiger charge is -2.36. The Morgan fingerprint density at radius 3 is 2.37 bits per heavy atom. The fourth-order valence-electron chi connectivity index (χ4n) is 2.29. The third-order valence-corrected chi connectivity index (χ3v) is 3.16. The van der Waals surface area contributed by atoms with Gasteiger partial charge in [0.1, 0.15) is 0 Å². The van der Waals surface area contributed by atoms with Crippen LogP contribution in [0.15, 0.2) is 0 Å². The third-order valence-electron chi connectivity index (χ3n) is 3.16. The van der Waals surface area contributed by atoms with Gasteiger partial charge in [0.15, 0.2) is 0 Å². The van der Waals surface area contributed by atoms with Gasteiger partial charge in [-0.1, -0.05) is 20.8 Å². The number of hydrogen-bond acceptors (Lipinski definition) is 4. The maximum absolute atomic E-state index is 11.1. The van der Waals surface area contributed by atoms with Gasteiger partial charge in [-0.15, -0.1) is 0 Å². The normalized spacial score (nSPS) is 25.2. The molecular weight excluding hydrogens is 248 g/mol. The highest BCUT2D eigenvalue weighted by Crippen LogP contribution is 2.19. The fraction of sp³-hybridized carbons (Fsp3) is 0.846. The first-order valence-corrected chi connectivity index (χ1v) is 6.58. The summed E-state index contributed by atoms with van der Waals surface area (Å²) in [5.41, 5.74) is 0.119. The zero-order chi connectivity index (χ0) is 14.6. The van der Waals surface area contributed by atoms with Gasteiger partial charge < -0.3 is 15.5 Å². The molecule has 0 spiro atoms. The third kappa shape index (κ3) is 6.02. The van der Waals surface area contributed by atoms with E-state index in [2.05, 4.69) is 26.1 Å². The number of rotatable bonds is 5. The smallest absolute Gasteiger partial charge is 0.317 e. The largest absolute Gasteiger partial charge is 0.481 e. The van der Waals surface area contributed by atoms with Gasteiger partial charge in [0.2, 0.25) is 0 Å². The summed E-state index contributed by atoms with van der Waals surface area (Å²) in [5, 5.41) is 21.3. The highest BCUT2D eigenvalue weighted by molar-refractivity contribution is 5.71. The van der Waals surface area contributed by atoms with Crippen LogP contribution in [-0.4, -0.2) is 59.3 Å². The molecule has 110 valence electrons. The zero-order valence-electron chi connectivity index (χ0n) is 11.8. The van der Waals surface area contributed by atoms with Crippen LogP contribution in [0.3, 0.4) is 0 Å². The van der Waals surface area contributed by atoms with E-state index in [1.165, 1.54) is 0 Å². The number of nitrogens with zero attached hydrogens (tertiary/aromatic N) is 1. The van der Waals surface area contributed by atoms with Crippen molar-refractivity contribution in [3.63, 3.8) is 0 Å². The average molecular weight is 272 g/mol. The van der Waals surface area contributed by atoms with E-state index in [-0.39, 0.29) is 18.0 Å². The molecule has 1 aliphatic rings. The first-order valence-electron chi connectivity index (χ1n) is 6.58. The summed E-state index contributed by atoms with van der Waals surface area (Å²) in [6.45, 7) is 7.90. The van der Waals surface area contributed by atoms with Gasteiger partial charge >= 0.3 is 11.9 Å². The molecule has 6 heteroatoms. The van der Waals surface area contributed by atoms with Gasteiger partial charge in [0.05, 0.1) is 12.5 Å². The molecule has 6 nitrogen and oxygen atoms in total. The number of carbonyl (C=O) groups is 2. The van der Waals surface area contributed by atoms with Gasteiger partial charge in [-0.3, -0.25) is 14.5 Å². The summed E-state index contributed by atoms with van der Waals surface area (Å²) in [4.78, 5) is 23.6. The van der Waals surface area contributed by atoms with Crippen molar-refractivity contribution in [3.05, 3.63) is 0 Å². The zero-order valence-corrected chi connectivity index (χ0v) is 11.8. The molecule has 1 fully saturated rings. The molecule has 1 heterocycles. The maximum atomic E-state index is 11.1. The second kappa shape index (κ2) is 6.34. The highest BCUT2D eigenvalue weighted by atomic mass is 16.4. The molecule has 0 saturated carbocycles. The summed E-state index contributed by atoms with van der Waals surface area (Å²) >= 11 is 0. The molecule has 0 aromatic heterocycles. The van der Waals surface area contributed by atoms with Crippen LogP contribution in [0.5, 0.6) is 0 Å². The molecule has 2 atom stereocenters. The first kappa shape index (κ1) is 15.9. The summed E-state index contributed by atoms with van der Waals surface area (Å²) in [6.07, 6.45) is 0.557. The Morgan fingerprint density at radius 2 is 1.89 bits per heavy atom. The van der Waals surface area contributed by atoms with Crippen LogP contribution in [0.25, 0.3) is 0 Å². The van der Waals surface area contributed by atoms with Gasteiger partial charge in [-0.25, -0.2) is 0 Å². The molecule has 0 aliphatic carbocycles. The number of hydrogen-bond donors (Lipinski definition) is 3. The first-order chi connectivity index (χ1) is 8.67. The van der Waals surface area contributed by atoms with Gasteiger partial charge in [-0.05, 0) is 11.8 Å². The standard InChI is InChI=1S/C13H24N2O4/c1-13(2,3)8-14-10-4-9(12(18)19)5-15(6-10)7-11(16)17/h9-10,14H,4-8H2,1-3H3,(H,16,17)(H,18,19). The van der Waals surface area contributed by atoms with E-state index in [1.54, 1.807) is 4.90 Å². The van der Waals surface area contributed by atoms with E-state index in [0.29, 0.717) is 19.5 Å². The number of carboxylic acid groups (broad SMARTS) is 2. The number of aliphatic carboxylic acids is 2. The summed E-state index contributed by atoms with van der Waals surface area (Å²) in [6, 6.07) is 0.0356. The lowest BCUT2D eigenvalue weighted by atomic mass is 9.92. The molecular formula is C13H24N2O4.